The van der Waals surface area contributed by atoms with Crippen molar-refractivity contribution in [1.29, 1.82) is 0 Å². The van der Waals surface area contributed by atoms with E-state index in [9.17, 15) is 29.1 Å². The van der Waals surface area contributed by atoms with Crippen LogP contribution in [0.5, 0.6) is 0 Å². The van der Waals surface area contributed by atoms with Crippen molar-refractivity contribution in [2.45, 2.75) is 138 Å². The molecule has 6 rings (SSSR count). The van der Waals surface area contributed by atoms with Crippen LogP contribution in [0.4, 0.5) is 14.4 Å². The van der Waals surface area contributed by atoms with E-state index in [2.05, 4.69) is 0 Å². The number of amides is 3. The number of Topliss-reactive ketones (excluding diaryl/α,β-unsaturated/α-hetero) is 2. The summed E-state index contributed by atoms with van der Waals surface area (Å²) in [5, 5.41) is 10.8. The normalized spacial score (nSPS) is 21.2. The Kier molecular flexibility index (Phi) is 22.4. The van der Waals surface area contributed by atoms with Crippen LogP contribution in [-0.2, 0) is 14.2 Å². The molecule has 3 unspecified atom stereocenters. The molecule has 361 valence electrons. The maximum absolute atomic E-state index is 12.8. The molecule has 0 aliphatic carbocycles. The number of carbonyl (C=O) groups is 5. The minimum Gasteiger partial charge on any atom is -1.00 e. The third kappa shape index (κ3) is 18.7. The van der Waals surface area contributed by atoms with E-state index in [4.69, 9.17) is 14.2 Å². The van der Waals surface area contributed by atoms with E-state index in [0.717, 1.165) is 44.1 Å². The van der Waals surface area contributed by atoms with Gasteiger partial charge in [-0.1, -0.05) is 105 Å². The molecular weight excluding hydrogens is 856 g/mol. The van der Waals surface area contributed by atoms with Crippen LogP contribution in [0.3, 0.4) is 0 Å². The summed E-state index contributed by atoms with van der Waals surface area (Å²) in [4.78, 5) is 67.0. The second-order valence-electron chi connectivity index (χ2n) is 21.2. The average molecular weight is 933 g/mol. The van der Waals surface area contributed by atoms with Crippen molar-refractivity contribution in [1.82, 2.24) is 14.7 Å². The molecule has 0 saturated carbocycles. The van der Waals surface area contributed by atoms with Crippen LogP contribution in [0.2, 0.25) is 0 Å². The number of piperidine rings is 3. The van der Waals surface area contributed by atoms with Gasteiger partial charge in [0.05, 0.1) is 6.10 Å². The summed E-state index contributed by atoms with van der Waals surface area (Å²) < 4.78 is 16.3. The van der Waals surface area contributed by atoms with Crippen molar-refractivity contribution in [2.24, 2.45) is 16.7 Å². The van der Waals surface area contributed by atoms with Crippen molar-refractivity contribution in [3.63, 3.8) is 0 Å². The number of carbonyl (C=O) groups excluding carboxylic acids is 5. The summed E-state index contributed by atoms with van der Waals surface area (Å²) >= 11 is 0. The van der Waals surface area contributed by atoms with E-state index in [1.807, 2.05) is 167 Å². The average Bonchev–Trinajstić information content (AvgIpc) is 3.25. The number of aliphatic hydroxyl groups excluding tert-OH is 1. The SMILES string of the molecule is CC(C)(C)OC(=O)N1CCCC(C)(C(=O)c2ccccc2)C1.CC(C)(C)OC(=O)N1CCCC(C)(C(O)c2ccccc2)C1.CC(C)(C)OC(=O)N1CCC[C@@H](C(=O)c2ccccc2)C1.[B].[H-].[Na+]. The first kappa shape index (κ1) is 59.0. The summed E-state index contributed by atoms with van der Waals surface area (Å²) in [5.74, 6) is 0.0823. The largest absolute Gasteiger partial charge is 1.00 e. The van der Waals surface area contributed by atoms with E-state index >= 15 is 0 Å². The van der Waals surface area contributed by atoms with Gasteiger partial charge in [-0.3, -0.25) is 9.59 Å². The molecule has 3 amide bonds. The van der Waals surface area contributed by atoms with Gasteiger partial charge in [0, 0.05) is 75.6 Å². The van der Waals surface area contributed by atoms with Crippen LogP contribution in [0.25, 0.3) is 0 Å². The van der Waals surface area contributed by atoms with Crippen molar-refractivity contribution in [2.75, 3.05) is 39.3 Å². The Morgan fingerprint density at radius 2 is 1.00 bits per heavy atom. The van der Waals surface area contributed by atoms with Gasteiger partial charge in [0.2, 0.25) is 0 Å². The first-order valence-electron chi connectivity index (χ1n) is 23.2. The molecule has 3 aliphatic rings. The van der Waals surface area contributed by atoms with E-state index in [1.54, 1.807) is 14.7 Å². The zero-order chi connectivity index (χ0) is 48.2. The molecule has 3 heterocycles. The van der Waals surface area contributed by atoms with Crippen molar-refractivity contribution >= 4 is 38.3 Å². The van der Waals surface area contributed by atoms with E-state index in [1.165, 1.54) is 0 Å². The third-order valence-corrected chi connectivity index (χ3v) is 11.6. The third-order valence-electron chi connectivity index (χ3n) is 11.6. The van der Waals surface area contributed by atoms with Crippen LogP contribution >= 0.6 is 0 Å². The van der Waals surface area contributed by atoms with Gasteiger partial charge in [0.1, 0.15) is 16.8 Å². The molecule has 14 heteroatoms. The van der Waals surface area contributed by atoms with E-state index in [-0.39, 0.29) is 80.6 Å². The first-order valence-corrected chi connectivity index (χ1v) is 23.2. The second kappa shape index (κ2) is 25.4. The van der Waals surface area contributed by atoms with Crippen molar-refractivity contribution in [3.05, 3.63) is 108 Å². The maximum atomic E-state index is 12.8. The quantitative estimate of drug-likeness (QED) is 0.148. The van der Waals surface area contributed by atoms with Gasteiger partial charge < -0.3 is 35.4 Å². The van der Waals surface area contributed by atoms with Crippen LogP contribution in [0.15, 0.2) is 91.0 Å². The van der Waals surface area contributed by atoms with Crippen LogP contribution in [0, 0.1) is 16.7 Å². The molecule has 3 fully saturated rings. The first-order chi connectivity index (χ1) is 30.3. The van der Waals surface area contributed by atoms with Crippen molar-refractivity contribution < 1.29 is 74.3 Å². The van der Waals surface area contributed by atoms with Gasteiger partial charge in [0.15, 0.2) is 11.6 Å². The molecule has 4 atom stereocenters. The Bertz CT molecular complexity index is 2050. The number of rotatable bonds is 6. The Morgan fingerprint density at radius 1 is 0.597 bits per heavy atom. The summed E-state index contributed by atoms with van der Waals surface area (Å²) in [5.41, 5.74) is -0.0988. The summed E-state index contributed by atoms with van der Waals surface area (Å²) in [6.07, 6.45) is 3.50. The maximum Gasteiger partial charge on any atom is 1.00 e. The summed E-state index contributed by atoms with van der Waals surface area (Å²) in [6, 6.07) is 28.2. The predicted molar refractivity (Wildman–Crippen MR) is 261 cm³/mol. The minimum absolute atomic E-state index is 0. The van der Waals surface area contributed by atoms with Gasteiger partial charge in [-0.2, -0.15) is 0 Å². The molecule has 1 N–H and O–H groups in total. The molecule has 3 aromatic carbocycles. The Labute approximate surface area is 426 Å². The summed E-state index contributed by atoms with van der Waals surface area (Å²) in [7, 11) is 0. The molecule has 3 saturated heterocycles. The molecule has 3 aromatic rings. The number of ketones is 2. The monoisotopic (exact) mass is 933 g/mol. The number of hydrogen-bond donors (Lipinski definition) is 1. The molecule has 0 aromatic heterocycles. The number of nitrogens with zero attached hydrogens (tertiary/aromatic N) is 3. The van der Waals surface area contributed by atoms with Gasteiger partial charge in [-0.05, 0) is 106 Å². The van der Waals surface area contributed by atoms with Gasteiger partial charge in [-0.25, -0.2) is 14.4 Å². The smallest absolute Gasteiger partial charge is 1.00 e. The molecule has 3 radical (unpaired) electrons. The molecule has 12 nitrogen and oxygen atoms in total. The molecule has 67 heavy (non-hydrogen) atoms. The number of aliphatic hydroxyl groups is 1. The Hall–Kier alpha value is -4.17. The van der Waals surface area contributed by atoms with Crippen molar-refractivity contribution in [3.8, 4) is 0 Å². The number of benzene rings is 3. The Morgan fingerprint density at radius 3 is 1.48 bits per heavy atom. The molecule has 3 aliphatic heterocycles. The van der Waals surface area contributed by atoms with Gasteiger partial charge in [-0.15, -0.1) is 0 Å². The standard InChI is InChI=1S/C18H27NO3.C18H25NO3.C17H23NO3.B.Na.H/c2*1-17(2,3)22-16(21)19-12-8-11-18(4,13-19)15(20)14-9-6-5-7-10-14;1-17(2,3)21-16(20)18-11-7-10-14(12-18)15(19)13-8-5-4-6-9-13;;;/h5-7,9-10,15,20H,8,11-13H2,1-4H3;5-7,9-10H,8,11-13H2,1-4H3;4-6,8-9,14H,7,10-12H2,1-3H3;;;/q;;;;+1;-1/t;;14-;;;/m..1.../s1. The molecular formula is C53H76BN3NaO9. The topological polar surface area (TPSA) is 143 Å². The van der Waals surface area contributed by atoms with E-state index in [0.29, 0.717) is 50.4 Å². The fourth-order valence-electron chi connectivity index (χ4n) is 8.38. The number of likely N-dealkylation sites (tertiary alicyclic amines) is 3. The van der Waals surface area contributed by atoms with Crippen LogP contribution < -0.4 is 29.6 Å². The second-order valence-corrected chi connectivity index (χ2v) is 21.2. The van der Waals surface area contributed by atoms with E-state index < -0.39 is 28.3 Å². The fraction of sp³-hybridized carbons (Fsp3) is 0.566. The van der Waals surface area contributed by atoms with Crippen LogP contribution in [-0.4, -0.2) is 114 Å². The van der Waals surface area contributed by atoms with Crippen LogP contribution in [0.1, 0.15) is 148 Å². The molecule has 0 spiro atoms. The predicted octanol–water partition coefficient (Wildman–Crippen LogP) is 7.92. The molecule has 0 bridgehead atoms. The van der Waals surface area contributed by atoms with Gasteiger partial charge in [0.25, 0.3) is 0 Å². The zero-order valence-electron chi connectivity index (χ0n) is 43.4. The minimum atomic E-state index is -0.584. The number of ether oxygens (including phenoxy) is 3. The summed E-state index contributed by atoms with van der Waals surface area (Å²) in [6.45, 7) is 24.1. The number of hydrogen-bond acceptors (Lipinski definition) is 9. The Balaban J connectivity index is 0.000000499. The zero-order valence-corrected chi connectivity index (χ0v) is 44.4. The van der Waals surface area contributed by atoms with Gasteiger partial charge >= 0.3 is 47.8 Å². The fourth-order valence-corrected chi connectivity index (χ4v) is 8.38.